The highest BCUT2D eigenvalue weighted by Crippen LogP contribution is 2.39. The zero-order valence-electron chi connectivity index (χ0n) is 17.7. The van der Waals surface area contributed by atoms with E-state index in [1.165, 1.54) is 0 Å². The monoisotopic (exact) mass is 424 g/mol. The molecule has 0 saturated carbocycles. The van der Waals surface area contributed by atoms with E-state index in [2.05, 4.69) is 5.10 Å². The van der Waals surface area contributed by atoms with Gasteiger partial charge in [0, 0.05) is 22.4 Å². The molecule has 0 aliphatic heterocycles. The zero-order valence-corrected chi connectivity index (χ0v) is 18.6. The molecular weight excluding hydrogens is 395 g/mol. The molecule has 1 heterocycles. The Balaban J connectivity index is 2.60. The summed E-state index contributed by atoms with van der Waals surface area (Å²) >= 11 is 0. The fourth-order valence-corrected chi connectivity index (χ4v) is 3.07. The van der Waals surface area contributed by atoms with Crippen molar-refractivity contribution < 1.29 is 28.4 Å². The topological polar surface area (TPSA) is 111 Å². The molecule has 0 unspecified atom stereocenters. The Morgan fingerprint density at radius 3 is 2.45 bits per heavy atom. The number of aromatic nitrogens is 2. The van der Waals surface area contributed by atoms with E-state index in [-0.39, 0.29) is 18.9 Å². The van der Waals surface area contributed by atoms with Crippen LogP contribution in [0.2, 0.25) is 0 Å². The van der Waals surface area contributed by atoms with E-state index in [9.17, 15) is 9.36 Å². The summed E-state index contributed by atoms with van der Waals surface area (Å²) in [5.74, 6) is 0.668. The van der Waals surface area contributed by atoms with Crippen LogP contribution in [0.15, 0.2) is 23.8 Å². The first kappa shape index (κ1) is 23.3. The van der Waals surface area contributed by atoms with Crippen LogP contribution in [0.5, 0.6) is 5.75 Å². The van der Waals surface area contributed by atoms with Crippen molar-refractivity contribution in [2.75, 3.05) is 13.7 Å². The van der Waals surface area contributed by atoms with Gasteiger partial charge in [-0.1, -0.05) is 26.3 Å². The number of ether oxygens (including phenoxy) is 1. The molecule has 0 radical (unpaired) electrons. The van der Waals surface area contributed by atoms with Crippen LogP contribution < -0.4 is 4.74 Å². The largest absolute Gasteiger partial charge is 0.497 e. The van der Waals surface area contributed by atoms with Crippen molar-refractivity contribution in [2.24, 2.45) is 5.41 Å². The highest BCUT2D eigenvalue weighted by atomic mass is 31.2. The number of phosphoric ester groups is 1. The van der Waals surface area contributed by atoms with Crippen LogP contribution in [0.1, 0.15) is 46.7 Å². The molecule has 160 valence electrons. The Bertz CT molecular complexity index is 982. The summed E-state index contributed by atoms with van der Waals surface area (Å²) in [5.41, 5.74) is 2.11. The fraction of sp³-hybridized carbons (Fsp3) is 0.500. The number of hydrogen-bond acceptors (Lipinski definition) is 5. The van der Waals surface area contributed by atoms with Gasteiger partial charge >= 0.3 is 7.82 Å². The molecule has 0 spiro atoms. The lowest BCUT2D eigenvalue weighted by Crippen LogP contribution is -2.27. The van der Waals surface area contributed by atoms with Crippen LogP contribution in [-0.4, -0.2) is 39.1 Å². The average Bonchev–Trinajstić information content (AvgIpc) is 2.98. The predicted molar refractivity (Wildman–Crippen MR) is 112 cm³/mol. The molecule has 1 aromatic heterocycles. The summed E-state index contributed by atoms with van der Waals surface area (Å²) in [5, 5.41) is 5.37. The minimum atomic E-state index is -4.64. The van der Waals surface area contributed by atoms with Gasteiger partial charge in [0.2, 0.25) is 0 Å². The molecule has 0 saturated heterocycles. The van der Waals surface area contributed by atoms with Crippen molar-refractivity contribution in [2.45, 2.75) is 47.6 Å². The number of methoxy groups -OCH3 is 1. The molecule has 2 N–H and O–H groups in total. The Labute approximate surface area is 170 Å². The summed E-state index contributed by atoms with van der Waals surface area (Å²) in [6.45, 7) is 9.19. The molecule has 8 nitrogen and oxygen atoms in total. The van der Waals surface area contributed by atoms with E-state index >= 15 is 0 Å². The Hall–Kier alpha value is -1.99. The maximum absolute atomic E-state index is 12.8. The number of nitrogens with zero attached hydrogens (tertiary/aromatic N) is 2. The third-order valence-electron chi connectivity index (χ3n) is 5.16. The van der Waals surface area contributed by atoms with Crippen LogP contribution in [0.4, 0.5) is 0 Å². The number of ketones is 1. The lowest BCUT2D eigenvalue weighted by atomic mass is 9.85. The molecule has 0 amide bonds. The number of carbonyl (C=O) groups excluding carboxylic acids is 1. The lowest BCUT2D eigenvalue weighted by molar-refractivity contribution is -0.128. The van der Waals surface area contributed by atoms with E-state index < -0.39 is 13.2 Å². The second-order valence-corrected chi connectivity index (χ2v) is 9.03. The van der Waals surface area contributed by atoms with Gasteiger partial charge in [-0.25, -0.2) is 4.57 Å². The first-order valence-corrected chi connectivity index (χ1v) is 10.9. The molecule has 0 atom stereocenters. The van der Waals surface area contributed by atoms with Crippen LogP contribution >= 0.6 is 7.82 Å². The Morgan fingerprint density at radius 1 is 1.28 bits per heavy atom. The minimum Gasteiger partial charge on any atom is -0.497 e. The maximum atomic E-state index is 12.8. The maximum Gasteiger partial charge on any atom is 0.469 e. The van der Waals surface area contributed by atoms with Gasteiger partial charge in [0.1, 0.15) is 12.3 Å². The van der Waals surface area contributed by atoms with Crippen LogP contribution in [0.3, 0.4) is 0 Å². The van der Waals surface area contributed by atoms with E-state index in [1.807, 2.05) is 40.7 Å². The third kappa shape index (κ3) is 5.54. The smallest absolute Gasteiger partial charge is 0.469 e. The highest BCUT2D eigenvalue weighted by molar-refractivity contribution is 7.46. The number of hydrogen-bond donors (Lipinski definition) is 2. The minimum absolute atomic E-state index is 0.0454. The predicted octanol–water partition coefficient (Wildman–Crippen LogP) is 3.95. The van der Waals surface area contributed by atoms with Gasteiger partial charge in [-0.15, -0.1) is 0 Å². The summed E-state index contributed by atoms with van der Waals surface area (Å²) in [7, 11) is -3.08. The highest BCUT2D eigenvalue weighted by Gasteiger charge is 2.27. The molecule has 0 aliphatic rings. The van der Waals surface area contributed by atoms with Crippen LogP contribution in [0.25, 0.3) is 16.5 Å². The second kappa shape index (κ2) is 8.79. The fourth-order valence-electron chi connectivity index (χ4n) is 2.77. The standard InChI is InChI=1S/C20H29N2O6P/c1-7-20(4,5)18(23)11-22-17-10-14(27-6)8-9-15(17)19(21-22)16(13(2)3)12-28-29(24,25)26/h8-10H,7,11-12H2,1-6H3,(H2,24,25,26). The number of phosphoric acid groups is 1. The molecule has 0 fully saturated rings. The number of rotatable bonds is 9. The van der Waals surface area contributed by atoms with Crippen molar-refractivity contribution in [1.29, 1.82) is 0 Å². The van der Waals surface area contributed by atoms with Crippen molar-refractivity contribution in [3.8, 4) is 5.75 Å². The van der Waals surface area contributed by atoms with E-state index in [0.717, 1.165) is 11.0 Å². The van der Waals surface area contributed by atoms with Crippen molar-refractivity contribution in [3.05, 3.63) is 29.5 Å². The van der Waals surface area contributed by atoms with E-state index in [0.29, 0.717) is 29.0 Å². The summed E-state index contributed by atoms with van der Waals surface area (Å²) in [6.07, 6.45) is 0.705. The number of Topliss-reactive ketones (excluding diaryl/α,β-unsaturated/α-hetero) is 1. The molecule has 0 bridgehead atoms. The molecule has 9 heteroatoms. The average molecular weight is 424 g/mol. The molecule has 2 aromatic rings. The third-order valence-corrected chi connectivity index (χ3v) is 5.62. The molecule has 0 aliphatic carbocycles. The SMILES string of the molecule is CCC(C)(C)C(=O)Cn1nc(C(COP(=O)(O)O)=C(C)C)c2ccc(OC)cc21. The summed E-state index contributed by atoms with van der Waals surface area (Å²) in [4.78, 5) is 31.0. The van der Waals surface area contributed by atoms with Gasteiger partial charge in [-0.05, 0) is 32.4 Å². The molecule has 2 rings (SSSR count). The normalized spacial score (nSPS) is 12.3. The van der Waals surface area contributed by atoms with Gasteiger partial charge in [-0.2, -0.15) is 5.10 Å². The van der Waals surface area contributed by atoms with Crippen LogP contribution in [-0.2, 0) is 20.4 Å². The van der Waals surface area contributed by atoms with Gasteiger partial charge in [0.15, 0.2) is 5.78 Å². The second-order valence-electron chi connectivity index (χ2n) is 7.79. The number of carbonyl (C=O) groups is 1. The lowest BCUT2D eigenvalue weighted by Gasteiger charge is -2.20. The van der Waals surface area contributed by atoms with Crippen molar-refractivity contribution >= 4 is 30.1 Å². The first-order valence-electron chi connectivity index (χ1n) is 9.34. The quantitative estimate of drug-likeness (QED) is 0.586. The Morgan fingerprint density at radius 2 is 1.93 bits per heavy atom. The summed E-state index contributed by atoms with van der Waals surface area (Å²) in [6, 6.07) is 5.40. The van der Waals surface area contributed by atoms with Crippen molar-refractivity contribution in [3.63, 3.8) is 0 Å². The van der Waals surface area contributed by atoms with Crippen molar-refractivity contribution in [1.82, 2.24) is 9.78 Å². The van der Waals surface area contributed by atoms with E-state index in [4.69, 9.17) is 19.0 Å². The number of benzene rings is 1. The molecule has 1 aromatic carbocycles. The van der Waals surface area contributed by atoms with Gasteiger partial charge in [0.25, 0.3) is 0 Å². The number of fused-ring (bicyclic) bond motifs is 1. The first-order chi connectivity index (χ1) is 13.4. The van der Waals surface area contributed by atoms with Gasteiger partial charge in [0.05, 0.1) is 24.9 Å². The van der Waals surface area contributed by atoms with Crippen LogP contribution in [0, 0.1) is 5.41 Å². The van der Waals surface area contributed by atoms with E-state index in [1.54, 1.807) is 23.9 Å². The number of allylic oxidation sites excluding steroid dienone is 1. The molecule has 29 heavy (non-hydrogen) atoms. The van der Waals surface area contributed by atoms with Gasteiger partial charge < -0.3 is 14.5 Å². The molecular formula is C20H29N2O6P. The zero-order chi connectivity index (χ0) is 22.0. The summed E-state index contributed by atoms with van der Waals surface area (Å²) < 4.78 is 22.9. The Kier molecular flexibility index (Phi) is 7.06. The van der Waals surface area contributed by atoms with Gasteiger partial charge in [-0.3, -0.25) is 14.0 Å².